The SMILES string of the molecule is Cn1c(COc2ccc(Cl)cc2)nnc1SCc1ccc(-n2cccn2)cc1. The molecule has 0 bridgehead atoms. The molecule has 0 aliphatic carbocycles. The van der Waals surface area contributed by atoms with Gasteiger partial charge >= 0.3 is 0 Å². The molecule has 4 aromatic rings. The summed E-state index contributed by atoms with van der Waals surface area (Å²) in [5, 5.41) is 14.3. The molecular formula is C20H18ClN5OS. The Bertz CT molecular complexity index is 1030. The summed E-state index contributed by atoms with van der Waals surface area (Å²) in [6.07, 6.45) is 3.70. The number of nitrogens with zero attached hydrogens (tertiary/aromatic N) is 5. The van der Waals surface area contributed by atoms with Crippen LogP contribution in [0.25, 0.3) is 5.69 Å². The Balaban J connectivity index is 1.34. The van der Waals surface area contributed by atoms with Crippen molar-refractivity contribution in [1.29, 1.82) is 0 Å². The van der Waals surface area contributed by atoms with Crippen LogP contribution >= 0.6 is 23.4 Å². The molecule has 2 heterocycles. The van der Waals surface area contributed by atoms with E-state index in [9.17, 15) is 0 Å². The second-order valence-electron chi connectivity index (χ2n) is 6.11. The zero-order valence-electron chi connectivity index (χ0n) is 15.2. The van der Waals surface area contributed by atoms with E-state index in [4.69, 9.17) is 16.3 Å². The molecule has 0 saturated heterocycles. The number of thioether (sulfide) groups is 1. The number of aromatic nitrogens is 5. The van der Waals surface area contributed by atoms with Crippen molar-refractivity contribution in [1.82, 2.24) is 24.5 Å². The second-order valence-corrected chi connectivity index (χ2v) is 7.49. The molecule has 0 saturated carbocycles. The molecule has 0 spiro atoms. The van der Waals surface area contributed by atoms with Crippen molar-refractivity contribution in [3.63, 3.8) is 0 Å². The zero-order valence-corrected chi connectivity index (χ0v) is 16.8. The third-order valence-corrected chi connectivity index (χ3v) is 5.52. The third kappa shape index (κ3) is 4.37. The average Bonchev–Trinajstić information content (AvgIpc) is 3.37. The number of halogens is 1. The first-order chi connectivity index (χ1) is 13.7. The van der Waals surface area contributed by atoms with Gasteiger partial charge in [-0.05, 0) is 48.0 Å². The molecule has 142 valence electrons. The van der Waals surface area contributed by atoms with Gasteiger partial charge in [0.15, 0.2) is 11.0 Å². The number of hydrogen-bond donors (Lipinski definition) is 0. The molecule has 2 aromatic heterocycles. The molecule has 28 heavy (non-hydrogen) atoms. The summed E-state index contributed by atoms with van der Waals surface area (Å²) in [7, 11) is 1.95. The van der Waals surface area contributed by atoms with E-state index in [1.54, 1.807) is 30.1 Å². The first-order valence-electron chi connectivity index (χ1n) is 8.67. The van der Waals surface area contributed by atoms with Crippen molar-refractivity contribution < 1.29 is 4.74 Å². The van der Waals surface area contributed by atoms with Crippen LogP contribution in [0.1, 0.15) is 11.4 Å². The Labute approximate surface area is 172 Å². The lowest BCUT2D eigenvalue weighted by Crippen LogP contribution is -2.04. The van der Waals surface area contributed by atoms with Gasteiger partial charge in [-0.25, -0.2) is 4.68 Å². The van der Waals surface area contributed by atoms with Gasteiger partial charge in [0.1, 0.15) is 12.4 Å². The van der Waals surface area contributed by atoms with Crippen LogP contribution in [-0.2, 0) is 19.4 Å². The van der Waals surface area contributed by atoms with Gasteiger partial charge in [0.25, 0.3) is 0 Å². The first-order valence-corrected chi connectivity index (χ1v) is 10.0. The summed E-state index contributed by atoms with van der Waals surface area (Å²) in [5.74, 6) is 2.33. The Morgan fingerprint density at radius 1 is 1.04 bits per heavy atom. The van der Waals surface area contributed by atoms with E-state index < -0.39 is 0 Å². The highest BCUT2D eigenvalue weighted by Crippen LogP contribution is 2.23. The number of rotatable bonds is 7. The fourth-order valence-corrected chi connectivity index (χ4v) is 3.60. The third-order valence-electron chi connectivity index (χ3n) is 4.18. The summed E-state index contributed by atoms with van der Waals surface area (Å²) in [5.41, 5.74) is 2.25. The van der Waals surface area contributed by atoms with Crippen molar-refractivity contribution in [2.45, 2.75) is 17.5 Å². The van der Waals surface area contributed by atoms with Gasteiger partial charge in [-0.1, -0.05) is 35.5 Å². The molecule has 0 amide bonds. The minimum absolute atomic E-state index is 0.351. The Morgan fingerprint density at radius 3 is 2.54 bits per heavy atom. The normalized spacial score (nSPS) is 10.9. The molecular weight excluding hydrogens is 394 g/mol. The second kappa shape index (κ2) is 8.50. The highest BCUT2D eigenvalue weighted by atomic mass is 35.5. The van der Waals surface area contributed by atoms with Gasteiger partial charge in [-0.2, -0.15) is 5.10 Å². The molecule has 0 aliphatic rings. The van der Waals surface area contributed by atoms with Crippen LogP contribution in [0, 0.1) is 0 Å². The van der Waals surface area contributed by atoms with E-state index >= 15 is 0 Å². The van der Waals surface area contributed by atoms with E-state index in [0.29, 0.717) is 11.6 Å². The summed E-state index contributed by atoms with van der Waals surface area (Å²) in [6, 6.07) is 17.5. The predicted molar refractivity (Wildman–Crippen MR) is 110 cm³/mol. The maximum absolute atomic E-state index is 5.89. The monoisotopic (exact) mass is 411 g/mol. The van der Waals surface area contributed by atoms with Gasteiger partial charge in [0.2, 0.25) is 0 Å². The molecule has 8 heteroatoms. The summed E-state index contributed by atoms with van der Waals surface area (Å²) >= 11 is 7.53. The minimum atomic E-state index is 0.351. The quantitative estimate of drug-likeness (QED) is 0.418. The van der Waals surface area contributed by atoms with Crippen molar-refractivity contribution in [2.75, 3.05) is 0 Å². The van der Waals surface area contributed by atoms with Crippen LogP contribution < -0.4 is 4.74 Å². The van der Waals surface area contributed by atoms with Crippen LogP contribution in [0.3, 0.4) is 0 Å². The van der Waals surface area contributed by atoms with Crippen molar-refractivity contribution in [3.05, 3.63) is 83.4 Å². The lowest BCUT2D eigenvalue weighted by atomic mass is 10.2. The highest BCUT2D eigenvalue weighted by molar-refractivity contribution is 7.98. The lowest BCUT2D eigenvalue weighted by molar-refractivity contribution is 0.290. The zero-order chi connectivity index (χ0) is 19.3. The van der Waals surface area contributed by atoms with E-state index in [0.717, 1.165) is 28.2 Å². The van der Waals surface area contributed by atoms with Gasteiger partial charge in [-0.3, -0.25) is 0 Å². The number of hydrogen-bond acceptors (Lipinski definition) is 5. The fourth-order valence-electron chi connectivity index (χ4n) is 2.59. The van der Waals surface area contributed by atoms with E-state index in [1.165, 1.54) is 5.56 Å². The van der Waals surface area contributed by atoms with Gasteiger partial charge in [-0.15, -0.1) is 10.2 Å². The van der Waals surface area contributed by atoms with E-state index in [1.807, 2.05) is 40.7 Å². The molecule has 0 aliphatic heterocycles. The molecule has 0 N–H and O–H groups in total. The van der Waals surface area contributed by atoms with Crippen LogP contribution in [0.5, 0.6) is 5.75 Å². The maximum atomic E-state index is 5.89. The predicted octanol–water partition coefficient (Wildman–Crippen LogP) is 4.53. The van der Waals surface area contributed by atoms with Gasteiger partial charge in [0, 0.05) is 30.2 Å². The summed E-state index contributed by atoms with van der Waals surface area (Å²) < 4.78 is 9.55. The molecule has 0 radical (unpaired) electrons. The standard InChI is InChI=1S/C20H18ClN5OS/c1-25-19(13-27-18-9-5-16(21)6-10-18)23-24-20(25)28-14-15-3-7-17(8-4-15)26-12-2-11-22-26/h2-12H,13-14H2,1H3. The molecule has 6 nitrogen and oxygen atoms in total. The number of benzene rings is 2. The summed E-state index contributed by atoms with van der Waals surface area (Å²) in [4.78, 5) is 0. The van der Waals surface area contributed by atoms with E-state index in [-0.39, 0.29) is 0 Å². The highest BCUT2D eigenvalue weighted by Gasteiger charge is 2.10. The van der Waals surface area contributed by atoms with Crippen molar-refractivity contribution in [3.8, 4) is 11.4 Å². The topological polar surface area (TPSA) is 57.8 Å². The Hall–Kier alpha value is -2.77. The van der Waals surface area contributed by atoms with E-state index in [2.05, 4.69) is 39.6 Å². The molecule has 0 unspecified atom stereocenters. The Morgan fingerprint density at radius 2 is 1.82 bits per heavy atom. The molecule has 2 aromatic carbocycles. The average molecular weight is 412 g/mol. The van der Waals surface area contributed by atoms with Crippen molar-refractivity contribution in [2.24, 2.45) is 7.05 Å². The summed E-state index contributed by atoms with van der Waals surface area (Å²) in [6.45, 7) is 0.351. The van der Waals surface area contributed by atoms with Gasteiger partial charge < -0.3 is 9.30 Å². The maximum Gasteiger partial charge on any atom is 0.191 e. The van der Waals surface area contributed by atoms with Crippen LogP contribution in [0.15, 0.2) is 72.1 Å². The van der Waals surface area contributed by atoms with Crippen molar-refractivity contribution >= 4 is 23.4 Å². The minimum Gasteiger partial charge on any atom is -0.486 e. The van der Waals surface area contributed by atoms with Gasteiger partial charge in [0.05, 0.1) is 5.69 Å². The number of ether oxygens (including phenoxy) is 1. The lowest BCUT2D eigenvalue weighted by Gasteiger charge is -2.07. The fraction of sp³-hybridized carbons (Fsp3) is 0.150. The van der Waals surface area contributed by atoms with Crippen LogP contribution in [0.4, 0.5) is 0 Å². The molecule has 0 atom stereocenters. The molecule has 4 rings (SSSR count). The van der Waals surface area contributed by atoms with Crippen LogP contribution in [0.2, 0.25) is 5.02 Å². The largest absolute Gasteiger partial charge is 0.486 e. The smallest absolute Gasteiger partial charge is 0.191 e. The van der Waals surface area contributed by atoms with Crippen LogP contribution in [-0.4, -0.2) is 24.5 Å². The Kier molecular flexibility index (Phi) is 5.64. The molecule has 0 fully saturated rings. The first kappa shape index (κ1) is 18.6.